The molecule has 0 saturated heterocycles. The molecule has 0 aliphatic rings. The number of carbonyl (C=O) groups excluding carboxylic acids is 1. The highest BCUT2D eigenvalue weighted by molar-refractivity contribution is 9.10. The minimum atomic E-state index is -0.364. The molecule has 0 atom stereocenters. The second-order valence-corrected chi connectivity index (χ2v) is 3.18. The van der Waals surface area contributed by atoms with Crippen LogP contribution >= 0.6 is 15.9 Å². The van der Waals surface area contributed by atoms with Crippen molar-refractivity contribution in [2.24, 2.45) is 0 Å². The van der Waals surface area contributed by atoms with Crippen LogP contribution in [0.5, 0.6) is 0 Å². The molecule has 2 nitrogen and oxygen atoms in total. The van der Waals surface area contributed by atoms with Gasteiger partial charge >= 0.3 is 0 Å². The van der Waals surface area contributed by atoms with Crippen molar-refractivity contribution in [3.8, 4) is 0 Å². The zero-order chi connectivity index (χ0) is 9.84. The highest BCUT2D eigenvalue weighted by atomic mass is 79.9. The van der Waals surface area contributed by atoms with Crippen molar-refractivity contribution in [2.75, 3.05) is 5.32 Å². The van der Waals surface area contributed by atoms with Gasteiger partial charge in [0.2, 0.25) is 5.91 Å². The lowest BCUT2D eigenvalue weighted by Crippen LogP contribution is -2.07. The van der Waals surface area contributed by atoms with Gasteiger partial charge in [0.25, 0.3) is 0 Å². The molecule has 0 heterocycles. The highest BCUT2D eigenvalue weighted by Crippen LogP contribution is 2.19. The molecule has 0 aliphatic carbocycles. The lowest BCUT2D eigenvalue weighted by molar-refractivity contribution is -0.111. The van der Waals surface area contributed by atoms with E-state index in [9.17, 15) is 9.18 Å². The number of amides is 1. The fraction of sp³-hybridized carbons (Fsp3) is 0. The second-order valence-electron chi connectivity index (χ2n) is 2.32. The van der Waals surface area contributed by atoms with Crippen LogP contribution in [0.2, 0.25) is 0 Å². The van der Waals surface area contributed by atoms with Gasteiger partial charge in [-0.05, 0) is 40.2 Å². The number of anilines is 1. The van der Waals surface area contributed by atoms with Gasteiger partial charge in [0.05, 0.1) is 4.47 Å². The number of benzene rings is 1. The molecule has 1 aromatic carbocycles. The molecule has 68 valence electrons. The summed E-state index contributed by atoms with van der Waals surface area (Å²) in [5.41, 5.74) is 0.526. The van der Waals surface area contributed by atoms with Gasteiger partial charge in [-0.15, -0.1) is 0 Å². The molecule has 0 spiro atoms. The minimum Gasteiger partial charge on any atom is -0.322 e. The summed E-state index contributed by atoms with van der Waals surface area (Å²) in [7, 11) is 0. The van der Waals surface area contributed by atoms with Crippen LogP contribution in [0.15, 0.2) is 35.3 Å². The number of halogens is 2. The van der Waals surface area contributed by atoms with Crippen molar-refractivity contribution in [2.45, 2.75) is 0 Å². The predicted octanol–water partition coefficient (Wildman–Crippen LogP) is 2.71. The normalized spacial score (nSPS) is 9.38. The first-order valence-electron chi connectivity index (χ1n) is 3.52. The second kappa shape index (κ2) is 4.18. The van der Waals surface area contributed by atoms with E-state index in [1.165, 1.54) is 18.2 Å². The van der Waals surface area contributed by atoms with Gasteiger partial charge < -0.3 is 5.32 Å². The molecule has 1 aromatic rings. The van der Waals surface area contributed by atoms with E-state index in [0.29, 0.717) is 10.2 Å². The monoisotopic (exact) mass is 243 g/mol. The zero-order valence-electron chi connectivity index (χ0n) is 6.68. The van der Waals surface area contributed by atoms with Crippen molar-refractivity contribution in [3.63, 3.8) is 0 Å². The summed E-state index contributed by atoms with van der Waals surface area (Å²) >= 11 is 3.01. The summed E-state index contributed by atoms with van der Waals surface area (Å²) < 4.78 is 13.1. The Morgan fingerprint density at radius 2 is 2.31 bits per heavy atom. The van der Waals surface area contributed by atoms with Crippen LogP contribution in [-0.4, -0.2) is 5.91 Å². The van der Waals surface area contributed by atoms with E-state index in [0.717, 1.165) is 6.08 Å². The van der Waals surface area contributed by atoms with E-state index in [-0.39, 0.29) is 11.7 Å². The standard InChI is InChI=1S/C9H7BrFNO/c1-2-9(13)12-6-3-4-8(11)7(10)5-6/h2-5H,1H2,(H,12,13). The Balaban J connectivity index is 2.85. The molecule has 4 heteroatoms. The van der Waals surface area contributed by atoms with Gasteiger partial charge in [0, 0.05) is 5.69 Å². The lowest BCUT2D eigenvalue weighted by atomic mass is 10.3. The molecule has 0 aliphatic heterocycles. The van der Waals surface area contributed by atoms with Gasteiger partial charge in [-0.2, -0.15) is 0 Å². The fourth-order valence-electron chi connectivity index (χ4n) is 0.767. The Hall–Kier alpha value is -1.16. The Kier molecular flexibility index (Phi) is 3.19. The maximum absolute atomic E-state index is 12.7. The third kappa shape index (κ3) is 2.66. The van der Waals surface area contributed by atoms with E-state index in [1.54, 1.807) is 0 Å². The summed E-state index contributed by atoms with van der Waals surface area (Å²) in [4.78, 5) is 10.8. The summed E-state index contributed by atoms with van der Waals surface area (Å²) in [6, 6.07) is 4.22. The smallest absolute Gasteiger partial charge is 0.247 e. The van der Waals surface area contributed by atoms with Crippen LogP contribution in [0.25, 0.3) is 0 Å². The van der Waals surface area contributed by atoms with Crippen LogP contribution < -0.4 is 5.32 Å². The van der Waals surface area contributed by atoms with E-state index in [4.69, 9.17) is 0 Å². The first kappa shape index (κ1) is 9.92. The fourth-order valence-corrected chi connectivity index (χ4v) is 1.15. The molecule has 1 rings (SSSR count). The number of hydrogen-bond acceptors (Lipinski definition) is 1. The molecule has 0 radical (unpaired) electrons. The molecule has 0 aromatic heterocycles. The minimum absolute atomic E-state index is 0.314. The first-order valence-corrected chi connectivity index (χ1v) is 4.31. The van der Waals surface area contributed by atoms with Gasteiger partial charge in [-0.1, -0.05) is 6.58 Å². The van der Waals surface area contributed by atoms with Gasteiger partial charge in [0.1, 0.15) is 5.82 Å². The maximum Gasteiger partial charge on any atom is 0.247 e. The van der Waals surface area contributed by atoms with Crippen molar-refractivity contribution < 1.29 is 9.18 Å². The quantitative estimate of drug-likeness (QED) is 0.796. The van der Waals surface area contributed by atoms with Crippen LogP contribution in [-0.2, 0) is 4.79 Å². The molecule has 0 saturated carbocycles. The largest absolute Gasteiger partial charge is 0.322 e. The Morgan fingerprint density at radius 3 is 2.85 bits per heavy atom. The van der Waals surface area contributed by atoms with E-state index in [1.807, 2.05) is 0 Å². The highest BCUT2D eigenvalue weighted by Gasteiger charge is 2.01. The Labute approximate surface area is 83.6 Å². The van der Waals surface area contributed by atoms with Crippen LogP contribution in [0.4, 0.5) is 10.1 Å². The lowest BCUT2D eigenvalue weighted by Gasteiger charge is -2.02. The van der Waals surface area contributed by atoms with Gasteiger partial charge in [0.15, 0.2) is 0 Å². The summed E-state index contributed by atoms with van der Waals surface area (Å²) in [5.74, 6) is -0.685. The maximum atomic E-state index is 12.7. The average Bonchev–Trinajstić information content (AvgIpc) is 2.11. The third-order valence-electron chi connectivity index (χ3n) is 1.37. The van der Waals surface area contributed by atoms with Crippen LogP contribution in [0.3, 0.4) is 0 Å². The molecule has 13 heavy (non-hydrogen) atoms. The molecule has 0 fully saturated rings. The van der Waals surface area contributed by atoms with Crippen molar-refractivity contribution in [1.82, 2.24) is 0 Å². The topological polar surface area (TPSA) is 29.1 Å². The van der Waals surface area contributed by atoms with E-state index < -0.39 is 0 Å². The first-order chi connectivity index (χ1) is 6.13. The van der Waals surface area contributed by atoms with Crippen LogP contribution in [0.1, 0.15) is 0 Å². The van der Waals surface area contributed by atoms with Gasteiger partial charge in [-0.25, -0.2) is 4.39 Å². The molecule has 0 bridgehead atoms. The molecule has 1 N–H and O–H groups in total. The van der Waals surface area contributed by atoms with E-state index >= 15 is 0 Å². The Morgan fingerprint density at radius 1 is 1.62 bits per heavy atom. The summed E-state index contributed by atoms with van der Waals surface area (Å²) in [5, 5.41) is 2.51. The summed E-state index contributed by atoms with van der Waals surface area (Å²) in [6.45, 7) is 3.30. The SMILES string of the molecule is C=CC(=O)Nc1ccc(F)c(Br)c1. The number of rotatable bonds is 2. The number of hydrogen-bond donors (Lipinski definition) is 1. The average molecular weight is 244 g/mol. The van der Waals surface area contributed by atoms with Crippen LogP contribution in [0, 0.1) is 5.82 Å². The predicted molar refractivity (Wildman–Crippen MR) is 52.9 cm³/mol. The zero-order valence-corrected chi connectivity index (χ0v) is 8.27. The molecule has 0 unspecified atom stereocenters. The van der Waals surface area contributed by atoms with Gasteiger partial charge in [-0.3, -0.25) is 4.79 Å². The number of carbonyl (C=O) groups is 1. The molecular formula is C9H7BrFNO. The van der Waals surface area contributed by atoms with Crippen molar-refractivity contribution in [1.29, 1.82) is 0 Å². The van der Waals surface area contributed by atoms with Crippen molar-refractivity contribution >= 4 is 27.5 Å². The van der Waals surface area contributed by atoms with Crippen molar-refractivity contribution in [3.05, 3.63) is 41.1 Å². The summed E-state index contributed by atoms with van der Waals surface area (Å²) in [6.07, 6.45) is 1.15. The Bertz CT molecular complexity index is 351. The number of nitrogens with one attached hydrogen (secondary N) is 1. The molecular weight excluding hydrogens is 237 g/mol. The molecule has 1 amide bonds. The van der Waals surface area contributed by atoms with E-state index in [2.05, 4.69) is 27.8 Å². The third-order valence-corrected chi connectivity index (χ3v) is 1.98.